The van der Waals surface area contributed by atoms with Crippen LogP contribution >= 0.6 is 15.9 Å². The van der Waals surface area contributed by atoms with Crippen LogP contribution in [0.25, 0.3) is 0 Å². The second kappa shape index (κ2) is 5.59. The first-order chi connectivity index (χ1) is 8.62. The minimum atomic E-state index is -0.313. The molecule has 1 saturated heterocycles. The van der Waals surface area contributed by atoms with Gasteiger partial charge in [-0.05, 0) is 24.7 Å². The van der Waals surface area contributed by atoms with E-state index in [1.54, 1.807) is 9.80 Å². The van der Waals surface area contributed by atoms with Crippen LogP contribution in [0.15, 0.2) is 0 Å². The van der Waals surface area contributed by atoms with Crippen LogP contribution < -0.4 is 0 Å². The van der Waals surface area contributed by atoms with Crippen molar-refractivity contribution in [2.24, 2.45) is 5.41 Å². The van der Waals surface area contributed by atoms with Gasteiger partial charge in [0.05, 0.1) is 0 Å². The van der Waals surface area contributed by atoms with Crippen LogP contribution in [-0.4, -0.2) is 53.1 Å². The van der Waals surface area contributed by atoms with E-state index < -0.39 is 0 Å². The third-order valence-electron chi connectivity index (χ3n) is 4.11. The van der Waals surface area contributed by atoms with E-state index in [9.17, 15) is 9.59 Å². The summed E-state index contributed by atoms with van der Waals surface area (Å²) in [6.07, 6.45) is 4.47. The number of halogens is 1. The van der Waals surface area contributed by atoms with E-state index in [0.29, 0.717) is 19.6 Å². The number of carbonyl (C=O) groups excluding carboxylic acids is 2. The molecule has 1 saturated carbocycles. The number of hydrogen-bond donors (Lipinski definition) is 0. The van der Waals surface area contributed by atoms with Crippen molar-refractivity contribution in [3.63, 3.8) is 0 Å². The fourth-order valence-corrected chi connectivity index (χ4v) is 3.50. The quantitative estimate of drug-likeness (QED) is 0.571. The van der Waals surface area contributed by atoms with Crippen molar-refractivity contribution in [3.8, 4) is 0 Å². The van der Waals surface area contributed by atoms with E-state index in [4.69, 9.17) is 0 Å². The van der Waals surface area contributed by atoms with Gasteiger partial charge in [0, 0.05) is 31.5 Å². The number of amides is 2. The molecule has 0 radical (unpaired) electrons. The first-order valence-electron chi connectivity index (χ1n) is 6.76. The van der Waals surface area contributed by atoms with Gasteiger partial charge in [-0.1, -0.05) is 29.3 Å². The van der Waals surface area contributed by atoms with Gasteiger partial charge in [-0.25, -0.2) is 0 Å². The fourth-order valence-electron chi connectivity index (χ4n) is 2.76. The molecule has 2 fully saturated rings. The Balaban J connectivity index is 1.96. The average molecular weight is 317 g/mol. The predicted molar refractivity (Wildman–Crippen MR) is 73.5 cm³/mol. The van der Waals surface area contributed by atoms with Gasteiger partial charge in [0.2, 0.25) is 0 Å². The number of nitrogens with zero attached hydrogens (tertiary/aromatic N) is 2. The Morgan fingerprint density at radius 2 is 1.78 bits per heavy atom. The molecule has 2 rings (SSSR count). The molecule has 18 heavy (non-hydrogen) atoms. The van der Waals surface area contributed by atoms with Crippen LogP contribution in [0.3, 0.4) is 0 Å². The molecule has 0 aromatic heterocycles. The summed E-state index contributed by atoms with van der Waals surface area (Å²) in [5.74, 6) is -0.617. The van der Waals surface area contributed by atoms with Gasteiger partial charge in [-0.3, -0.25) is 9.59 Å². The fraction of sp³-hybridized carbons (Fsp3) is 0.846. The van der Waals surface area contributed by atoms with Crippen LogP contribution in [0.2, 0.25) is 0 Å². The Bertz CT molecular complexity index is 336. The molecule has 1 aliphatic heterocycles. The predicted octanol–water partition coefficient (Wildman–Crippen LogP) is 1.63. The monoisotopic (exact) mass is 316 g/mol. The normalized spacial score (nSPS) is 23.2. The van der Waals surface area contributed by atoms with Gasteiger partial charge in [0.1, 0.15) is 0 Å². The number of hydrogen-bond acceptors (Lipinski definition) is 2. The molecule has 0 N–H and O–H groups in total. The van der Waals surface area contributed by atoms with E-state index >= 15 is 0 Å². The number of alkyl halides is 1. The van der Waals surface area contributed by atoms with Gasteiger partial charge < -0.3 is 9.80 Å². The molecule has 4 nitrogen and oxygen atoms in total. The second-order valence-electron chi connectivity index (χ2n) is 5.51. The maximum absolute atomic E-state index is 12.1. The highest BCUT2D eigenvalue weighted by Gasteiger charge is 2.41. The maximum atomic E-state index is 12.1. The molecule has 0 bridgehead atoms. The molecular formula is C13H21BrN2O2. The minimum Gasteiger partial charge on any atom is -0.333 e. The van der Waals surface area contributed by atoms with Crippen LogP contribution in [0.4, 0.5) is 0 Å². The van der Waals surface area contributed by atoms with E-state index in [1.807, 2.05) is 6.92 Å². The van der Waals surface area contributed by atoms with Crippen LogP contribution in [-0.2, 0) is 9.59 Å². The smallest absolute Gasteiger partial charge is 0.312 e. The average Bonchev–Trinajstić information content (AvgIpc) is 2.33. The second-order valence-corrected chi connectivity index (χ2v) is 6.07. The number of carbonyl (C=O) groups is 2. The van der Waals surface area contributed by atoms with Gasteiger partial charge in [-0.15, -0.1) is 0 Å². The Kier molecular flexibility index (Phi) is 4.30. The topological polar surface area (TPSA) is 40.6 Å². The number of rotatable bonds is 5. The van der Waals surface area contributed by atoms with Crippen molar-refractivity contribution < 1.29 is 9.59 Å². The van der Waals surface area contributed by atoms with Gasteiger partial charge >= 0.3 is 11.8 Å². The highest BCUT2D eigenvalue weighted by atomic mass is 79.9. The zero-order chi connectivity index (χ0) is 13.2. The molecule has 0 aromatic rings. The Labute approximate surface area is 117 Å². The van der Waals surface area contributed by atoms with E-state index in [-0.39, 0.29) is 17.2 Å². The summed E-state index contributed by atoms with van der Waals surface area (Å²) in [7, 11) is 0. The van der Waals surface area contributed by atoms with E-state index in [2.05, 4.69) is 15.9 Å². The Morgan fingerprint density at radius 1 is 1.17 bits per heavy atom. The summed E-state index contributed by atoms with van der Waals surface area (Å²) in [5, 5.41) is 0.927. The van der Waals surface area contributed by atoms with E-state index in [1.165, 1.54) is 6.42 Å². The van der Waals surface area contributed by atoms with E-state index in [0.717, 1.165) is 31.1 Å². The third kappa shape index (κ3) is 2.56. The lowest BCUT2D eigenvalue weighted by atomic mass is 9.70. The number of piperazine rings is 1. The van der Waals surface area contributed by atoms with Gasteiger partial charge in [-0.2, -0.15) is 0 Å². The molecule has 0 unspecified atom stereocenters. The molecule has 2 aliphatic rings. The first kappa shape index (κ1) is 13.8. The van der Waals surface area contributed by atoms with Crippen LogP contribution in [0.5, 0.6) is 0 Å². The van der Waals surface area contributed by atoms with Crippen molar-refractivity contribution in [3.05, 3.63) is 0 Å². The third-order valence-corrected chi connectivity index (χ3v) is 5.30. The Hall–Kier alpha value is -0.580. The standard InChI is InChI=1S/C13H21BrN2O2/c1-2-6-15-7-8-16(12(18)11(15)17)10-13(9-14)4-3-5-13/h2-10H2,1H3. The van der Waals surface area contributed by atoms with Crippen molar-refractivity contribution in [1.29, 1.82) is 0 Å². The molecule has 0 aromatic carbocycles. The zero-order valence-electron chi connectivity index (χ0n) is 11.0. The molecule has 1 aliphatic carbocycles. The van der Waals surface area contributed by atoms with Crippen molar-refractivity contribution in [2.45, 2.75) is 32.6 Å². The van der Waals surface area contributed by atoms with Crippen molar-refractivity contribution in [2.75, 3.05) is 31.5 Å². The lowest BCUT2D eigenvalue weighted by Crippen LogP contribution is -2.57. The summed E-state index contributed by atoms with van der Waals surface area (Å²) >= 11 is 3.55. The van der Waals surface area contributed by atoms with Crippen LogP contribution in [0.1, 0.15) is 32.6 Å². The highest BCUT2D eigenvalue weighted by molar-refractivity contribution is 9.09. The lowest BCUT2D eigenvalue weighted by Gasteiger charge is -2.45. The summed E-state index contributed by atoms with van der Waals surface area (Å²) < 4.78 is 0. The summed E-state index contributed by atoms with van der Waals surface area (Å²) in [4.78, 5) is 27.4. The minimum absolute atomic E-state index is 0.225. The summed E-state index contributed by atoms with van der Waals surface area (Å²) in [6, 6.07) is 0. The maximum Gasteiger partial charge on any atom is 0.312 e. The first-order valence-corrected chi connectivity index (χ1v) is 7.88. The molecule has 5 heteroatoms. The van der Waals surface area contributed by atoms with Crippen molar-refractivity contribution >= 4 is 27.7 Å². The highest BCUT2D eigenvalue weighted by Crippen LogP contribution is 2.43. The Morgan fingerprint density at radius 3 is 2.28 bits per heavy atom. The molecule has 0 atom stereocenters. The summed E-state index contributed by atoms with van der Waals surface area (Å²) in [6.45, 7) is 4.85. The molecule has 1 heterocycles. The van der Waals surface area contributed by atoms with Crippen molar-refractivity contribution in [1.82, 2.24) is 9.80 Å². The van der Waals surface area contributed by atoms with Gasteiger partial charge in [0.15, 0.2) is 0 Å². The zero-order valence-corrected chi connectivity index (χ0v) is 12.5. The SMILES string of the molecule is CCCN1CCN(CC2(CBr)CCC2)C(=O)C1=O. The molecule has 0 spiro atoms. The molecular weight excluding hydrogens is 296 g/mol. The van der Waals surface area contributed by atoms with Crippen LogP contribution in [0, 0.1) is 5.41 Å². The van der Waals surface area contributed by atoms with Gasteiger partial charge in [0.25, 0.3) is 0 Å². The molecule has 2 amide bonds. The lowest BCUT2D eigenvalue weighted by molar-refractivity contribution is -0.157. The summed E-state index contributed by atoms with van der Waals surface area (Å²) in [5.41, 5.74) is 0.225. The largest absolute Gasteiger partial charge is 0.333 e. The molecule has 102 valence electrons.